The van der Waals surface area contributed by atoms with Gasteiger partial charge in [-0.2, -0.15) is 5.10 Å². The predicted octanol–water partition coefficient (Wildman–Crippen LogP) is 2.92. The zero-order valence-electron chi connectivity index (χ0n) is 16.2. The van der Waals surface area contributed by atoms with E-state index in [0.717, 1.165) is 0 Å². The molecule has 3 aromatic rings. The van der Waals surface area contributed by atoms with Crippen LogP contribution in [-0.2, 0) is 14.8 Å². The first-order valence-electron chi connectivity index (χ1n) is 9.21. The molecule has 0 aliphatic rings. The Morgan fingerprint density at radius 1 is 1.17 bits per heavy atom. The van der Waals surface area contributed by atoms with Crippen molar-refractivity contribution in [3.63, 3.8) is 0 Å². The molecule has 3 rings (SSSR count). The summed E-state index contributed by atoms with van der Waals surface area (Å²) in [6.45, 7) is 1.94. The highest BCUT2D eigenvalue weighted by Crippen LogP contribution is 2.20. The van der Waals surface area contributed by atoms with Gasteiger partial charge in [-0.15, -0.1) is 0 Å². The molecule has 0 aliphatic heterocycles. The van der Waals surface area contributed by atoms with Gasteiger partial charge in [-0.05, 0) is 42.8 Å². The number of halogens is 1. The zero-order chi connectivity index (χ0) is 21.6. The van der Waals surface area contributed by atoms with Gasteiger partial charge in [-0.1, -0.05) is 19.1 Å². The number of nitrogens with zero attached hydrogens (tertiary/aromatic N) is 1. The van der Waals surface area contributed by atoms with Gasteiger partial charge in [0.2, 0.25) is 10.0 Å². The quantitative estimate of drug-likeness (QED) is 0.481. The molecular weight excluding hydrogens is 411 g/mol. The third-order valence-electron chi connectivity index (χ3n) is 4.03. The Morgan fingerprint density at radius 2 is 1.93 bits per heavy atom. The highest BCUT2D eigenvalue weighted by molar-refractivity contribution is 7.89. The minimum Gasteiger partial charge on any atom is -0.484 e. The Hall–Kier alpha value is -3.24. The predicted molar refractivity (Wildman–Crippen MR) is 110 cm³/mol. The molecule has 10 heteroatoms. The second-order valence-corrected chi connectivity index (χ2v) is 8.15. The van der Waals surface area contributed by atoms with E-state index < -0.39 is 15.9 Å². The van der Waals surface area contributed by atoms with E-state index in [1.807, 2.05) is 6.92 Å². The maximum absolute atomic E-state index is 13.3. The minimum absolute atomic E-state index is 0.120. The molecule has 0 aliphatic carbocycles. The molecule has 8 nitrogen and oxygen atoms in total. The van der Waals surface area contributed by atoms with Crippen molar-refractivity contribution >= 4 is 21.7 Å². The average Bonchev–Trinajstić information content (AvgIpc) is 3.19. The zero-order valence-corrected chi connectivity index (χ0v) is 17.0. The normalized spacial score (nSPS) is 11.3. The van der Waals surface area contributed by atoms with Crippen LogP contribution in [0.3, 0.4) is 0 Å². The Labute approximate surface area is 173 Å². The van der Waals surface area contributed by atoms with Crippen LogP contribution in [0, 0.1) is 5.82 Å². The van der Waals surface area contributed by atoms with Crippen LogP contribution in [0.2, 0.25) is 0 Å². The van der Waals surface area contributed by atoms with E-state index in [-0.39, 0.29) is 23.1 Å². The number of ether oxygens (including phenoxy) is 1. The smallest absolute Gasteiger partial charge is 0.263 e. The van der Waals surface area contributed by atoms with Gasteiger partial charge in [0.25, 0.3) is 5.91 Å². The summed E-state index contributed by atoms with van der Waals surface area (Å²) >= 11 is 0. The third kappa shape index (κ3) is 5.65. The number of aromatic nitrogens is 2. The first kappa shape index (κ1) is 21.5. The Kier molecular flexibility index (Phi) is 6.80. The van der Waals surface area contributed by atoms with Crippen molar-refractivity contribution in [1.82, 2.24) is 14.9 Å². The fourth-order valence-corrected chi connectivity index (χ4v) is 3.69. The average molecular weight is 432 g/mol. The molecule has 0 fully saturated rings. The molecule has 0 bridgehead atoms. The standard InChI is InChI=1S/C20H21FN4O4S/c1-2-10-22-30(27,28)17-8-6-16(7-9-17)29-13-20(26)23-19-12-18(24-25-19)14-4-3-5-15(21)11-14/h3-9,11-12,22H,2,10,13H2,1H3,(H2,23,24,25,26). The molecule has 1 aromatic heterocycles. The summed E-state index contributed by atoms with van der Waals surface area (Å²) in [4.78, 5) is 12.2. The van der Waals surface area contributed by atoms with Crippen LogP contribution in [0.15, 0.2) is 59.5 Å². The van der Waals surface area contributed by atoms with Crippen LogP contribution in [0.25, 0.3) is 11.3 Å². The first-order valence-corrected chi connectivity index (χ1v) is 10.7. The number of hydrogen-bond donors (Lipinski definition) is 3. The lowest BCUT2D eigenvalue weighted by atomic mass is 10.1. The van der Waals surface area contributed by atoms with Gasteiger partial charge in [0.1, 0.15) is 11.6 Å². The van der Waals surface area contributed by atoms with Crippen molar-refractivity contribution < 1.29 is 22.3 Å². The van der Waals surface area contributed by atoms with Crippen molar-refractivity contribution in [2.45, 2.75) is 18.2 Å². The van der Waals surface area contributed by atoms with Crippen molar-refractivity contribution in [3.8, 4) is 17.0 Å². The molecule has 0 saturated heterocycles. The van der Waals surface area contributed by atoms with Crippen LogP contribution in [0.5, 0.6) is 5.75 Å². The summed E-state index contributed by atoms with van der Waals surface area (Å²) in [5, 5.41) is 9.27. The molecule has 0 radical (unpaired) electrons. The second-order valence-electron chi connectivity index (χ2n) is 6.38. The molecule has 1 amide bonds. The lowest BCUT2D eigenvalue weighted by Gasteiger charge is -2.08. The van der Waals surface area contributed by atoms with Crippen LogP contribution >= 0.6 is 0 Å². The summed E-state index contributed by atoms with van der Waals surface area (Å²) < 4.78 is 45.3. The molecule has 0 spiro atoms. The van der Waals surface area contributed by atoms with Crippen molar-refractivity contribution in [2.24, 2.45) is 0 Å². The molecule has 0 unspecified atom stereocenters. The van der Waals surface area contributed by atoms with Crippen molar-refractivity contribution in [3.05, 3.63) is 60.4 Å². The van der Waals surface area contributed by atoms with Gasteiger partial charge in [0.15, 0.2) is 12.4 Å². The fourth-order valence-electron chi connectivity index (χ4n) is 2.55. The number of aromatic amines is 1. The van der Waals surface area contributed by atoms with Gasteiger partial charge < -0.3 is 10.1 Å². The van der Waals surface area contributed by atoms with Gasteiger partial charge in [0.05, 0.1) is 10.6 Å². The number of nitrogens with one attached hydrogen (secondary N) is 3. The van der Waals surface area contributed by atoms with Crippen LogP contribution < -0.4 is 14.8 Å². The largest absolute Gasteiger partial charge is 0.484 e. The molecular formula is C20H21FN4O4S. The van der Waals surface area contributed by atoms with Gasteiger partial charge in [0, 0.05) is 18.2 Å². The maximum Gasteiger partial charge on any atom is 0.263 e. The highest BCUT2D eigenvalue weighted by atomic mass is 32.2. The molecule has 3 N–H and O–H groups in total. The summed E-state index contributed by atoms with van der Waals surface area (Å²) in [6, 6.07) is 13.3. The maximum atomic E-state index is 13.3. The van der Waals surface area contributed by atoms with Crippen molar-refractivity contribution in [2.75, 3.05) is 18.5 Å². The van der Waals surface area contributed by atoms with Crippen LogP contribution in [0.4, 0.5) is 10.2 Å². The third-order valence-corrected chi connectivity index (χ3v) is 5.50. The monoisotopic (exact) mass is 432 g/mol. The summed E-state index contributed by atoms with van der Waals surface area (Å²) in [7, 11) is -3.55. The lowest BCUT2D eigenvalue weighted by molar-refractivity contribution is -0.118. The van der Waals surface area contributed by atoms with E-state index in [9.17, 15) is 17.6 Å². The summed E-state index contributed by atoms with van der Waals surface area (Å²) in [5.41, 5.74) is 1.15. The van der Waals surface area contributed by atoms with Crippen LogP contribution in [-0.4, -0.2) is 37.7 Å². The van der Waals surface area contributed by atoms with E-state index in [4.69, 9.17) is 4.74 Å². The Morgan fingerprint density at radius 3 is 2.63 bits per heavy atom. The first-order chi connectivity index (χ1) is 14.4. The summed E-state index contributed by atoms with van der Waals surface area (Å²) in [5.74, 6) is -0.206. The number of H-pyrrole nitrogens is 1. The Balaban J connectivity index is 1.54. The number of amides is 1. The van der Waals surface area contributed by atoms with Gasteiger partial charge in [-0.25, -0.2) is 17.5 Å². The fraction of sp³-hybridized carbons (Fsp3) is 0.200. The highest BCUT2D eigenvalue weighted by Gasteiger charge is 2.13. The number of sulfonamides is 1. The van der Waals surface area contributed by atoms with Gasteiger partial charge in [-0.3, -0.25) is 9.89 Å². The van der Waals surface area contributed by atoms with E-state index in [1.165, 1.54) is 36.4 Å². The number of carbonyl (C=O) groups is 1. The lowest BCUT2D eigenvalue weighted by Crippen LogP contribution is -2.24. The number of hydrogen-bond acceptors (Lipinski definition) is 5. The molecule has 1 heterocycles. The topological polar surface area (TPSA) is 113 Å². The summed E-state index contributed by atoms with van der Waals surface area (Å²) in [6.07, 6.45) is 0.690. The minimum atomic E-state index is -3.55. The van der Waals surface area contributed by atoms with E-state index in [0.29, 0.717) is 30.0 Å². The van der Waals surface area contributed by atoms with Gasteiger partial charge >= 0.3 is 0 Å². The molecule has 158 valence electrons. The SMILES string of the molecule is CCCNS(=O)(=O)c1ccc(OCC(=O)Nc2cc(-c3cccc(F)c3)[nH]n2)cc1. The number of benzene rings is 2. The number of anilines is 1. The molecule has 0 saturated carbocycles. The molecule has 2 aromatic carbocycles. The van der Waals surface area contributed by atoms with E-state index in [2.05, 4.69) is 20.2 Å². The molecule has 30 heavy (non-hydrogen) atoms. The molecule has 0 atom stereocenters. The van der Waals surface area contributed by atoms with Crippen LogP contribution in [0.1, 0.15) is 13.3 Å². The van der Waals surface area contributed by atoms with E-state index in [1.54, 1.807) is 18.2 Å². The Bertz CT molecular complexity index is 1110. The second kappa shape index (κ2) is 9.51. The number of rotatable bonds is 9. The number of carbonyl (C=O) groups excluding carboxylic acids is 1. The van der Waals surface area contributed by atoms with E-state index >= 15 is 0 Å². The van der Waals surface area contributed by atoms with Crippen molar-refractivity contribution in [1.29, 1.82) is 0 Å².